The van der Waals surface area contributed by atoms with Gasteiger partial charge in [-0.2, -0.15) is 0 Å². The zero-order valence-electron chi connectivity index (χ0n) is 34.3. The summed E-state index contributed by atoms with van der Waals surface area (Å²) < 4.78 is 0. The van der Waals surface area contributed by atoms with Crippen LogP contribution < -0.4 is 11.5 Å². The summed E-state index contributed by atoms with van der Waals surface area (Å²) in [6, 6.07) is 4.98. The predicted molar refractivity (Wildman–Crippen MR) is 217 cm³/mol. The lowest BCUT2D eigenvalue weighted by molar-refractivity contribution is -0.159. The van der Waals surface area contributed by atoms with Crippen LogP contribution in [0.3, 0.4) is 0 Å². The Labute approximate surface area is 352 Å². The normalized spacial score (nSPS) is 30.3. The number of ketones is 5. The number of nitrogens with two attached hydrogens (primary N) is 2. The number of nitrogens with zero attached hydrogens (tertiary/aromatic N) is 1. The van der Waals surface area contributed by atoms with Crippen LogP contribution in [0.1, 0.15) is 58.4 Å². The van der Waals surface area contributed by atoms with Crippen LogP contribution in [-0.2, 0) is 36.0 Å². The molecular weight excluding hydrogens is 810 g/mol. The number of fused-ring (bicyclic) bond motifs is 6. The molecule has 1 fully saturated rings. The Kier molecular flexibility index (Phi) is 9.89. The lowest BCUT2D eigenvalue weighted by Crippen LogP contribution is -2.67. The van der Waals surface area contributed by atoms with Crippen molar-refractivity contribution in [3.63, 3.8) is 0 Å². The van der Waals surface area contributed by atoms with Crippen molar-refractivity contribution < 1.29 is 74.7 Å². The first-order valence-electron chi connectivity index (χ1n) is 19.4. The monoisotopic (exact) mass is 855 g/mol. The van der Waals surface area contributed by atoms with E-state index >= 15 is 0 Å². The average Bonchev–Trinajstić information content (AvgIpc) is 3.18. The number of phenolic OH excluding ortho intramolecular Hbond substituents is 3. The van der Waals surface area contributed by atoms with E-state index in [4.69, 9.17) is 11.5 Å². The molecule has 3 aromatic carbocycles. The van der Waals surface area contributed by atoms with Crippen LogP contribution in [-0.4, -0.2) is 123 Å². The molecular formula is C44H45N3O15. The lowest BCUT2D eigenvalue weighted by atomic mass is 9.54. The third-order valence-electron chi connectivity index (χ3n) is 13.5. The highest BCUT2D eigenvalue weighted by atomic mass is 16.4. The van der Waals surface area contributed by atoms with Crippen molar-refractivity contribution in [2.24, 2.45) is 29.2 Å². The Morgan fingerprint density at radius 3 is 1.97 bits per heavy atom. The minimum absolute atomic E-state index is 0.0492. The highest BCUT2D eigenvalue weighted by Crippen LogP contribution is 2.57. The summed E-state index contributed by atoms with van der Waals surface area (Å²) in [5.74, 6) is -13.7. The number of aromatic hydroxyl groups is 3. The smallest absolute Gasteiger partial charge is 0.255 e. The lowest BCUT2D eigenvalue weighted by Gasteiger charge is -2.53. The molecule has 0 aromatic heterocycles. The minimum atomic E-state index is -2.75. The van der Waals surface area contributed by atoms with Crippen molar-refractivity contribution in [1.82, 2.24) is 4.90 Å². The molecule has 62 heavy (non-hydrogen) atoms. The van der Waals surface area contributed by atoms with E-state index in [0.717, 1.165) is 6.92 Å². The molecule has 0 bridgehead atoms. The number of carbonyl (C=O) groups excluding carboxylic acids is 6. The summed E-state index contributed by atoms with van der Waals surface area (Å²) >= 11 is 0. The molecule has 1 amide bonds. The minimum Gasteiger partial charge on any atom is -0.508 e. The van der Waals surface area contributed by atoms with Gasteiger partial charge in [-0.3, -0.25) is 33.7 Å². The highest BCUT2D eigenvalue weighted by molar-refractivity contribution is 6.26. The van der Waals surface area contributed by atoms with Crippen LogP contribution in [0.25, 0.3) is 16.5 Å². The van der Waals surface area contributed by atoms with Crippen LogP contribution in [0.5, 0.6) is 17.2 Å². The molecule has 326 valence electrons. The number of benzene rings is 3. The van der Waals surface area contributed by atoms with Crippen LogP contribution in [0.2, 0.25) is 0 Å². The summed E-state index contributed by atoms with van der Waals surface area (Å²) in [6.45, 7) is 5.75. The SMILES string of the molecule is CC(=O)C1=C(O)[C@@]2(O)C(=O)c3c(c(C)c4ccc(C)c(O)c4c3O)C[C@H]2[C@@H](N)C1=O.CN(C)[C@@H]1C(=O)C(C(N)=O)=C(O)[C@@]2(O)C(=O)C3=C(O)c4c(O)cccc4[C@@](C)(O)[C@H]3C[C@@H]12. The van der Waals surface area contributed by atoms with E-state index in [1.807, 2.05) is 0 Å². The summed E-state index contributed by atoms with van der Waals surface area (Å²) in [5, 5.41) is 98.8. The first kappa shape index (κ1) is 43.6. The molecule has 0 spiro atoms. The number of hydrogen-bond acceptors (Lipinski definition) is 17. The second kappa shape index (κ2) is 14.0. The number of carbonyl (C=O) groups is 6. The average molecular weight is 856 g/mol. The number of phenols is 3. The number of amides is 1. The van der Waals surface area contributed by atoms with Crippen LogP contribution in [0, 0.1) is 31.6 Å². The van der Waals surface area contributed by atoms with Crippen molar-refractivity contribution >= 4 is 51.4 Å². The summed E-state index contributed by atoms with van der Waals surface area (Å²) in [5.41, 5.74) is 3.26. The van der Waals surface area contributed by atoms with Gasteiger partial charge in [-0.25, -0.2) is 0 Å². The number of aliphatic hydroxyl groups is 6. The molecule has 1 saturated carbocycles. The Hall–Kier alpha value is -6.44. The van der Waals surface area contributed by atoms with Crippen molar-refractivity contribution in [2.45, 2.75) is 69.4 Å². The number of primary amides is 1. The number of likely N-dealkylation sites (N-methyl/N-ethyl adjacent to an activating group) is 1. The van der Waals surface area contributed by atoms with Gasteiger partial charge in [0.25, 0.3) is 5.91 Å². The Balaban J connectivity index is 0.000000187. The first-order chi connectivity index (χ1) is 28.7. The van der Waals surface area contributed by atoms with Gasteiger partial charge in [0.15, 0.2) is 28.6 Å². The molecule has 3 aromatic rings. The molecule has 0 unspecified atom stereocenters. The molecule has 5 aliphatic rings. The van der Waals surface area contributed by atoms with E-state index in [1.54, 1.807) is 26.0 Å². The molecule has 18 nitrogen and oxygen atoms in total. The second-order valence-electron chi connectivity index (χ2n) is 17.0. The number of aliphatic hydroxyl groups excluding tert-OH is 3. The largest absolute Gasteiger partial charge is 0.508 e. The van der Waals surface area contributed by atoms with Crippen LogP contribution in [0.4, 0.5) is 0 Å². The summed E-state index contributed by atoms with van der Waals surface area (Å²) in [7, 11) is 3.01. The quantitative estimate of drug-likeness (QED) is 0.163. The standard InChI is InChI=1S/C22H24N2O8.C22H21NO7/c1-21(31)8-5-4-6-11(25)12(8)16(26)13-9(21)7-10-15(24(2)3)17(27)14(20(23)30)19(29)22(10,32)18(13)28;1-7-4-5-10-8(2)11-6-12-16(23)19(27)13(9(3)24)20(28)22(12,30)21(29)15(11)18(26)14(10)17(7)25/h4-6,9-10,15,25-26,29,31-32H,7H2,1-3H3,(H2,23,30);4-5,12,16,25-26,28,30H,6,23H2,1-3H3/t9-,10-,15-,21+,22-;12-,16+,22+/m00/s1. The topological polar surface area (TPSA) is 340 Å². The molecule has 18 heteroatoms. The maximum Gasteiger partial charge on any atom is 0.255 e. The highest BCUT2D eigenvalue weighted by Gasteiger charge is 2.67. The number of rotatable bonds is 3. The zero-order valence-corrected chi connectivity index (χ0v) is 34.3. The maximum atomic E-state index is 13.7. The first-order valence-corrected chi connectivity index (χ1v) is 19.4. The molecule has 0 aliphatic heterocycles. The molecule has 8 atom stereocenters. The molecule has 0 radical (unpaired) electrons. The maximum absolute atomic E-state index is 13.7. The fraction of sp³-hybridized carbons (Fsp3) is 0.364. The molecule has 13 N–H and O–H groups in total. The van der Waals surface area contributed by atoms with Crippen molar-refractivity contribution in [3.8, 4) is 17.2 Å². The number of aryl methyl sites for hydroxylation is 2. The Morgan fingerprint density at radius 1 is 0.790 bits per heavy atom. The van der Waals surface area contributed by atoms with E-state index in [2.05, 4.69) is 0 Å². The van der Waals surface area contributed by atoms with Gasteiger partial charge in [-0.05, 0) is 88.3 Å². The molecule has 0 heterocycles. The molecule has 0 saturated heterocycles. The predicted octanol–water partition coefficient (Wildman–Crippen LogP) is 0.894. The number of Topliss-reactive ketones (excluding diaryl/α,β-unsaturated/α-hetero) is 5. The Bertz CT molecular complexity index is 2750. The van der Waals surface area contributed by atoms with Gasteiger partial charge < -0.3 is 57.4 Å². The van der Waals surface area contributed by atoms with E-state index in [9.17, 15) is 74.7 Å². The molecule has 5 aliphatic carbocycles. The van der Waals surface area contributed by atoms with Crippen molar-refractivity contribution in [3.05, 3.63) is 92.0 Å². The third-order valence-corrected chi connectivity index (χ3v) is 13.5. The van der Waals surface area contributed by atoms with Gasteiger partial charge in [0.2, 0.25) is 11.6 Å². The second-order valence-corrected chi connectivity index (χ2v) is 17.0. The van der Waals surface area contributed by atoms with Gasteiger partial charge in [-0.15, -0.1) is 0 Å². The third kappa shape index (κ3) is 5.46. The van der Waals surface area contributed by atoms with E-state index in [1.165, 1.54) is 44.1 Å². The van der Waals surface area contributed by atoms with Gasteiger partial charge in [0.1, 0.15) is 45.7 Å². The van der Waals surface area contributed by atoms with E-state index < -0.39 is 127 Å². The van der Waals surface area contributed by atoms with Gasteiger partial charge in [0.05, 0.1) is 34.2 Å². The molecule has 8 rings (SSSR count). The summed E-state index contributed by atoms with van der Waals surface area (Å²) in [4.78, 5) is 77.9. The van der Waals surface area contributed by atoms with Gasteiger partial charge in [-0.1, -0.05) is 24.3 Å². The fourth-order valence-corrected chi connectivity index (χ4v) is 10.3. The van der Waals surface area contributed by atoms with Crippen LogP contribution in [0.15, 0.2) is 58.6 Å². The van der Waals surface area contributed by atoms with Gasteiger partial charge in [0, 0.05) is 23.3 Å². The van der Waals surface area contributed by atoms with Crippen molar-refractivity contribution in [1.29, 1.82) is 0 Å². The number of hydrogen-bond donors (Lipinski definition) is 11. The zero-order chi connectivity index (χ0) is 46.2. The van der Waals surface area contributed by atoms with Crippen molar-refractivity contribution in [2.75, 3.05) is 14.1 Å². The summed E-state index contributed by atoms with van der Waals surface area (Å²) in [6.07, 6.45) is -0.294. The van der Waals surface area contributed by atoms with E-state index in [0.29, 0.717) is 22.1 Å². The fourth-order valence-electron chi connectivity index (χ4n) is 10.3. The van der Waals surface area contributed by atoms with Gasteiger partial charge >= 0.3 is 0 Å². The Morgan fingerprint density at radius 2 is 1.39 bits per heavy atom. The van der Waals surface area contributed by atoms with E-state index in [-0.39, 0.29) is 40.7 Å². The van der Waals surface area contributed by atoms with Crippen LogP contribution >= 0.6 is 0 Å².